The second-order valence-electron chi connectivity index (χ2n) is 6.89. The van der Waals surface area contributed by atoms with Crippen LogP contribution in [0.3, 0.4) is 0 Å². The molecule has 0 saturated carbocycles. The third-order valence-electron chi connectivity index (χ3n) is 4.88. The van der Waals surface area contributed by atoms with E-state index in [1.807, 2.05) is 30.3 Å². The number of morpholine rings is 1. The van der Waals surface area contributed by atoms with Crippen LogP contribution in [0.4, 0.5) is 0 Å². The number of imidazole rings is 1. The van der Waals surface area contributed by atoms with Crippen LogP contribution in [0, 0.1) is 6.92 Å². The molecule has 140 valence electrons. The van der Waals surface area contributed by atoms with Crippen molar-refractivity contribution in [3.8, 4) is 11.4 Å². The molecule has 0 atom stereocenters. The van der Waals surface area contributed by atoms with Crippen LogP contribution in [0.1, 0.15) is 15.9 Å². The first-order valence-corrected chi connectivity index (χ1v) is 9.34. The van der Waals surface area contributed by atoms with E-state index in [-0.39, 0.29) is 5.91 Å². The molecule has 2 aromatic carbocycles. The van der Waals surface area contributed by atoms with E-state index in [9.17, 15) is 4.79 Å². The Labute approximate surface area is 158 Å². The van der Waals surface area contributed by atoms with Gasteiger partial charge in [0.15, 0.2) is 0 Å². The van der Waals surface area contributed by atoms with E-state index in [4.69, 9.17) is 4.74 Å². The van der Waals surface area contributed by atoms with Gasteiger partial charge in [-0.3, -0.25) is 9.69 Å². The maximum absolute atomic E-state index is 12.3. The van der Waals surface area contributed by atoms with E-state index >= 15 is 0 Å². The first kappa shape index (κ1) is 17.7. The van der Waals surface area contributed by atoms with Crippen LogP contribution in [0.5, 0.6) is 0 Å². The van der Waals surface area contributed by atoms with Crippen LogP contribution in [-0.2, 0) is 4.74 Å². The van der Waals surface area contributed by atoms with Gasteiger partial charge in [0.05, 0.1) is 24.2 Å². The molecular weight excluding hydrogens is 340 g/mol. The average molecular weight is 364 g/mol. The molecule has 3 aromatic rings. The molecule has 0 spiro atoms. The van der Waals surface area contributed by atoms with E-state index in [0.29, 0.717) is 12.1 Å². The standard InChI is InChI=1S/C21H24N4O2/c1-15-2-7-18-19(14-15)24-20(23-18)16-3-5-17(6-4-16)21(26)22-8-9-25-10-12-27-13-11-25/h2-7,14H,8-13H2,1H3,(H,22,26)(H,23,24). The quantitative estimate of drug-likeness (QED) is 0.730. The topological polar surface area (TPSA) is 70.2 Å². The summed E-state index contributed by atoms with van der Waals surface area (Å²) in [5, 5.41) is 2.99. The minimum absolute atomic E-state index is 0.0463. The molecule has 6 heteroatoms. The molecule has 1 amide bonds. The number of amides is 1. The molecule has 1 aromatic heterocycles. The number of rotatable bonds is 5. The summed E-state index contributed by atoms with van der Waals surface area (Å²) in [6.45, 7) is 6.97. The number of carbonyl (C=O) groups excluding carboxylic acids is 1. The Morgan fingerprint density at radius 2 is 1.96 bits per heavy atom. The van der Waals surface area contributed by atoms with Crippen molar-refractivity contribution in [3.05, 3.63) is 53.6 Å². The summed E-state index contributed by atoms with van der Waals surface area (Å²) in [6, 6.07) is 13.7. The summed E-state index contributed by atoms with van der Waals surface area (Å²) in [5.74, 6) is 0.768. The van der Waals surface area contributed by atoms with E-state index in [1.165, 1.54) is 5.56 Å². The summed E-state index contributed by atoms with van der Waals surface area (Å²) in [7, 11) is 0. The number of aromatic amines is 1. The van der Waals surface area contributed by atoms with Gasteiger partial charge in [-0.2, -0.15) is 0 Å². The maximum Gasteiger partial charge on any atom is 0.251 e. The summed E-state index contributed by atoms with van der Waals surface area (Å²) in [5.41, 5.74) is 4.79. The number of fused-ring (bicyclic) bond motifs is 1. The second kappa shape index (κ2) is 7.90. The van der Waals surface area contributed by atoms with E-state index in [2.05, 4.69) is 39.2 Å². The van der Waals surface area contributed by atoms with Crippen LogP contribution < -0.4 is 5.32 Å². The van der Waals surface area contributed by atoms with Crippen molar-refractivity contribution in [2.45, 2.75) is 6.92 Å². The number of nitrogens with zero attached hydrogens (tertiary/aromatic N) is 2. The van der Waals surface area contributed by atoms with Gasteiger partial charge in [-0.05, 0) is 36.8 Å². The third-order valence-corrected chi connectivity index (χ3v) is 4.88. The normalized spacial score (nSPS) is 15.1. The molecule has 0 aliphatic carbocycles. The number of hydrogen-bond donors (Lipinski definition) is 2. The van der Waals surface area contributed by atoms with Crippen LogP contribution in [0.2, 0.25) is 0 Å². The molecule has 1 saturated heterocycles. The average Bonchev–Trinajstić information content (AvgIpc) is 3.12. The van der Waals surface area contributed by atoms with Gasteiger partial charge in [0.1, 0.15) is 5.82 Å². The Hall–Kier alpha value is -2.70. The van der Waals surface area contributed by atoms with Gasteiger partial charge in [0.25, 0.3) is 5.91 Å². The van der Waals surface area contributed by atoms with Gasteiger partial charge in [0, 0.05) is 37.3 Å². The Morgan fingerprint density at radius 1 is 1.19 bits per heavy atom. The summed E-state index contributed by atoms with van der Waals surface area (Å²) in [6.07, 6.45) is 0. The number of benzene rings is 2. The molecule has 0 radical (unpaired) electrons. The van der Waals surface area contributed by atoms with Crippen molar-refractivity contribution in [1.29, 1.82) is 0 Å². The number of aromatic nitrogens is 2. The Kier molecular flexibility index (Phi) is 5.18. The van der Waals surface area contributed by atoms with Crippen molar-refractivity contribution >= 4 is 16.9 Å². The number of hydrogen-bond acceptors (Lipinski definition) is 4. The molecule has 27 heavy (non-hydrogen) atoms. The van der Waals surface area contributed by atoms with Gasteiger partial charge < -0.3 is 15.0 Å². The second-order valence-corrected chi connectivity index (χ2v) is 6.89. The van der Waals surface area contributed by atoms with Crippen molar-refractivity contribution < 1.29 is 9.53 Å². The molecule has 2 N–H and O–H groups in total. The van der Waals surface area contributed by atoms with E-state index < -0.39 is 0 Å². The minimum Gasteiger partial charge on any atom is -0.379 e. The zero-order chi connectivity index (χ0) is 18.6. The Bertz CT molecular complexity index is 927. The highest BCUT2D eigenvalue weighted by molar-refractivity contribution is 5.94. The predicted octanol–water partition coefficient (Wildman–Crippen LogP) is 2.60. The van der Waals surface area contributed by atoms with Gasteiger partial charge in [0.2, 0.25) is 0 Å². The Morgan fingerprint density at radius 3 is 2.74 bits per heavy atom. The fourth-order valence-electron chi connectivity index (χ4n) is 3.29. The molecule has 1 aliphatic heterocycles. The Balaban J connectivity index is 1.38. The molecule has 0 unspecified atom stereocenters. The van der Waals surface area contributed by atoms with Gasteiger partial charge in [-0.25, -0.2) is 4.98 Å². The van der Waals surface area contributed by atoms with Crippen LogP contribution in [-0.4, -0.2) is 60.2 Å². The van der Waals surface area contributed by atoms with E-state index in [0.717, 1.165) is 55.3 Å². The molecule has 6 nitrogen and oxygen atoms in total. The zero-order valence-electron chi connectivity index (χ0n) is 15.5. The first-order valence-electron chi connectivity index (χ1n) is 9.34. The van der Waals surface area contributed by atoms with Crippen LogP contribution in [0.15, 0.2) is 42.5 Å². The lowest BCUT2D eigenvalue weighted by molar-refractivity contribution is 0.0383. The van der Waals surface area contributed by atoms with Crippen LogP contribution >= 0.6 is 0 Å². The smallest absolute Gasteiger partial charge is 0.251 e. The van der Waals surface area contributed by atoms with Gasteiger partial charge in [-0.1, -0.05) is 18.2 Å². The number of ether oxygens (including phenoxy) is 1. The molecular formula is C21H24N4O2. The first-order chi connectivity index (χ1) is 13.2. The molecule has 1 aliphatic rings. The van der Waals surface area contributed by atoms with Crippen LogP contribution in [0.25, 0.3) is 22.4 Å². The largest absolute Gasteiger partial charge is 0.379 e. The third kappa shape index (κ3) is 4.18. The lowest BCUT2D eigenvalue weighted by Crippen LogP contribution is -2.41. The minimum atomic E-state index is -0.0463. The molecule has 4 rings (SSSR count). The van der Waals surface area contributed by atoms with Crippen molar-refractivity contribution in [2.75, 3.05) is 39.4 Å². The molecule has 2 heterocycles. The fourth-order valence-corrected chi connectivity index (χ4v) is 3.29. The van der Waals surface area contributed by atoms with Crippen molar-refractivity contribution in [2.24, 2.45) is 0 Å². The van der Waals surface area contributed by atoms with Crippen molar-refractivity contribution in [1.82, 2.24) is 20.2 Å². The van der Waals surface area contributed by atoms with Gasteiger partial charge in [-0.15, -0.1) is 0 Å². The summed E-state index contributed by atoms with van der Waals surface area (Å²) >= 11 is 0. The fraction of sp³-hybridized carbons (Fsp3) is 0.333. The van der Waals surface area contributed by atoms with E-state index in [1.54, 1.807) is 0 Å². The summed E-state index contributed by atoms with van der Waals surface area (Å²) < 4.78 is 5.33. The number of nitrogens with one attached hydrogen (secondary N) is 2. The predicted molar refractivity (Wildman–Crippen MR) is 106 cm³/mol. The zero-order valence-corrected chi connectivity index (χ0v) is 15.5. The number of H-pyrrole nitrogens is 1. The number of carbonyl (C=O) groups is 1. The van der Waals surface area contributed by atoms with Gasteiger partial charge >= 0.3 is 0 Å². The summed E-state index contributed by atoms with van der Waals surface area (Å²) in [4.78, 5) is 22.6. The lowest BCUT2D eigenvalue weighted by atomic mass is 10.1. The maximum atomic E-state index is 12.3. The van der Waals surface area contributed by atoms with Crippen molar-refractivity contribution in [3.63, 3.8) is 0 Å². The highest BCUT2D eigenvalue weighted by Crippen LogP contribution is 2.21. The monoisotopic (exact) mass is 364 g/mol. The highest BCUT2D eigenvalue weighted by atomic mass is 16.5. The SMILES string of the molecule is Cc1ccc2nc(-c3ccc(C(=O)NCCN4CCOCC4)cc3)[nH]c2c1. The lowest BCUT2D eigenvalue weighted by Gasteiger charge is -2.26. The molecule has 1 fully saturated rings. The highest BCUT2D eigenvalue weighted by Gasteiger charge is 2.11. The number of aryl methyl sites for hydroxylation is 1. The molecule has 0 bridgehead atoms.